The lowest BCUT2D eigenvalue weighted by molar-refractivity contribution is -0.128. The van der Waals surface area contributed by atoms with Crippen LogP contribution in [0.1, 0.15) is 50.6 Å². The third-order valence-corrected chi connectivity index (χ3v) is 7.00. The van der Waals surface area contributed by atoms with Crippen molar-refractivity contribution in [2.75, 3.05) is 6.54 Å². The van der Waals surface area contributed by atoms with Crippen LogP contribution in [0.25, 0.3) is 0 Å². The number of nitrogens with zero attached hydrogens (tertiary/aromatic N) is 1. The summed E-state index contributed by atoms with van der Waals surface area (Å²) in [6, 6.07) is 5.93. The van der Waals surface area contributed by atoms with Gasteiger partial charge in [-0.1, -0.05) is 22.0 Å². The van der Waals surface area contributed by atoms with Crippen molar-refractivity contribution in [1.82, 2.24) is 10.3 Å². The quantitative estimate of drug-likeness (QED) is 0.792. The lowest BCUT2D eigenvalue weighted by Gasteiger charge is -2.60. The van der Waals surface area contributed by atoms with Crippen LogP contribution in [0.15, 0.2) is 24.4 Å². The third-order valence-electron chi connectivity index (χ3n) is 6.08. The number of halogens is 1. The molecule has 4 bridgehead atoms. The molecule has 1 aromatic rings. The van der Waals surface area contributed by atoms with E-state index in [2.05, 4.69) is 26.2 Å². The fraction of sp³-hybridized carbons (Fsp3) is 0.684. The highest BCUT2D eigenvalue weighted by Crippen LogP contribution is 2.65. The molecule has 4 saturated carbocycles. The van der Waals surface area contributed by atoms with Gasteiger partial charge < -0.3 is 5.32 Å². The van der Waals surface area contributed by atoms with Crippen molar-refractivity contribution < 1.29 is 4.79 Å². The Labute approximate surface area is 146 Å². The van der Waals surface area contributed by atoms with Crippen LogP contribution in [-0.4, -0.2) is 21.8 Å². The van der Waals surface area contributed by atoms with E-state index in [1.807, 2.05) is 24.4 Å². The Morgan fingerprint density at radius 2 is 2.04 bits per heavy atom. The molecule has 4 aliphatic rings. The number of rotatable bonds is 5. The summed E-state index contributed by atoms with van der Waals surface area (Å²) >= 11 is 4.03. The molecule has 2 atom stereocenters. The second kappa shape index (κ2) is 5.87. The Bertz CT molecular complexity index is 574. The van der Waals surface area contributed by atoms with Gasteiger partial charge in [-0.3, -0.25) is 9.78 Å². The maximum atomic E-state index is 12.5. The number of alkyl halides is 1. The number of nitrogens with one attached hydrogen (secondary N) is 1. The number of carbonyl (C=O) groups excluding carboxylic acids is 1. The average molecular weight is 377 g/mol. The first kappa shape index (κ1) is 15.6. The smallest absolute Gasteiger partial charge is 0.220 e. The summed E-state index contributed by atoms with van der Waals surface area (Å²) in [6.45, 7) is 0.693. The molecule has 1 aromatic heterocycles. The molecule has 0 aromatic carbocycles. The molecule has 124 valence electrons. The molecule has 1 heterocycles. The number of aromatic nitrogens is 1. The van der Waals surface area contributed by atoms with E-state index >= 15 is 0 Å². The molecular formula is C19H25BrN2O. The summed E-state index contributed by atoms with van der Waals surface area (Å²) in [5.41, 5.74) is 1.31. The third kappa shape index (κ3) is 3.33. The van der Waals surface area contributed by atoms with Gasteiger partial charge in [-0.2, -0.15) is 0 Å². The van der Waals surface area contributed by atoms with E-state index in [0.717, 1.165) is 30.4 Å². The molecule has 3 nitrogen and oxygen atoms in total. The minimum absolute atomic E-state index is 0.235. The van der Waals surface area contributed by atoms with E-state index in [1.165, 1.54) is 38.5 Å². The summed E-state index contributed by atoms with van der Waals surface area (Å²) in [4.78, 5) is 16.8. The second-order valence-electron chi connectivity index (χ2n) is 8.21. The van der Waals surface area contributed by atoms with Gasteiger partial charge in [-0.25, -0.2) is 0 Å². The Morgan fingerprint density at radius 1 is 1.26 bits per heavy atom. The summed E-state index contributed by atoms with van der Waals surface area (Å²) in [6.07, 6.45) is 11.1. The molecule has 0 radical (unpaired) electrons. The molecule has 4 fully saturated rings. The van der Waals surface area contributed by atoms with Gasteiger partial charge >= 0.3 is 0 Å². The first-order chi connectivity index (χ1) is 11.0. The normalized spacial score (nSPS) is 37.8. The van der Waals surface area contributed by atoms with E-state index in [9.17, 15) is 4.79 Å². The van der Waals surface area contributed by atoms with E-state index in [1.54, 1.807) is 0 Å². The number of pyridine rings is 1. The van der Waals surface area contributed by atoms with Crippen LogP contribution >= 0.6 is 15.9 Å². The van der Waals surface area contributed by atoms with Gasteiger partial charge in [-0.15, -0.1) is 0 Å². The highest BCUT2D eigenvalue weighted by molar-refractivity contribution is 9.10. The molecule has 0 spiro atoms. The molecular weight excluding hydrogens is 352 g/mol. The predicted molar refractivity (Wildman–Crippen MR) is 94.3 cm³/mol. The van der Waals surface area contributed by atoms with Crippen LogP contribution in [0, 0.1) is 17.3 Å². The van der Waals surface area contributed by atoms with Gasteiger partial charge in [0.2, 0.25) is 5.91 Å². The molecule has 4 aliphatic carbocycles. The number of hydrogen-bond acceptors (Lipinski definition) is 2. The lowest BCUT2D eigenvalue weighted by Crippen LogP contribution is -2.54. The monoisotopic (exact) mass is 376 g/mol. The molecule has 1 amide bonds. The van der Waals surface area contributed by atoms with Crippen molar-refractivity contribution in [3.8, 4) is 0 Å². The molecule has 0 aliphatic heterocycles. The molecule has 23 heavy (non-hydrogen) atoms. The Morgan fingerprint density at radius 3 is 2.70 bits per heavy atom. The van der Waals surface area contributed by atoms with Crippen LogP contribution in [0.3, 0.4) is 0 Å². The van der Waals surface area contributed by atoms with Crippen LogP contribution < -0.4 is 5.32 Å². The number of amides is 1. The lowest BCUT2D eigenvalue weighted by atomic mass is 9.48. The van der Waals surface area contributed by atoms with Crippen molar-refractivity contribution >= 4 is 21.8 Å². The van der Waals surface area contributed by atoms with Crippen LogP contribution in [0.2, 0.25) is 0 Å². The molecule has 2 unspecified atom stereocenters. The number of carbonyl (C=O) groups is 1. The van der Waals surface area contributed by atoms with Crippen molar-refractivity contribution in [2.45, 2.75) is 55.7 Å². The van der Waals surface area contributed by atoms with Crippen molar-refractivity contribution in [3.63, 3.8) is 0 Å². The van der Waals surface area contributed by atoms with Crippen LogP contribution in [-0.2, 0) is 11.2 Å². The summed E-state index contributed by atoms with van der Waals surface area (Å²) < 4.78 is 0.339. The van der Waals surface area contributed by atoms with Crippen LogP contribution in [0.5, 0.6) is 0 Å². The standard InChI is InChI=1S/C19H25BrN2O/c20-19-10-14-7-15(11-19)9-18(8-14,13-19)12-17(23)22-6-4-16-3-1-2-5-21-16/h1-3,5,14-15H,4,6-13H2,(H,22,23). The van der Waals surface area contributed by atoms with Gasteiger partial charge in [-0.05, 0) is 67.9 Å². The molecule has 1 N–H and O–H groups in total. The largest absolute Gasteiger partial charge is 0.356 e. The van der Waals surface area contributed by atoms with Crippen molar-refractivity contribution in [1.29, 1.82) is 0 Å². The summed E-state index contributed by atoms with van der Waals surface area (Å²) in [7, 11) is 0. The van der Waals surface area contributed by atoms with Gasteiger partial charge in [0.1, 0.15) is 0 Å². The fourth-order valence-corrected chi connectivity index (χ4v) is 7.33. The first-order valence-electron chi connectivity index (χ1n) is 8.90. The first-order valence-corrected chi connectivity index (χ1v) is 9.69. The van der Waals surface area contributed by atoms with Gasteiger partial charge in [0.25, 0.3) is 0 Å². The van der Waals surface area contributed by atoms with E-state index in [4.69, 9.17) is 0 Å². The zero-order valence-electron chi connectivity index (χ0n) is 13.6. The van der Waals surface area contributed by atoms with E-state index < -0.39 is 0 Å². The van der Waals surface area contributed by atoms with Crippen molar-refractivity contribution in [3.05, 3.63) is 30.1 Å². The predicted octanol–water partition coefficient (Wildman–Crippen LogP) is 3.86. The van der Waals surface area contributed by atoms with Gasteiger partial charge in [0.15, 0.2) is 0 Å². The SMILES string of the molecule is O=C(CC12CC3CC(CC(Br)(C3)C1)C2)NCCc1ccccn1. The van der Waals surface area contributed by atoms with E-state index in [-0.39, 0.29) is 11.3 Å². The zero-order chi connectivity index (χ0) is 15.9. The zero-order valence-corrected chi connectivity index (χ0v) is 15.1. The Balaban J connectivity index is 1.32. The minimum atomic E-state index is 0.235. The van der Waals surface area contributed by atoms with Crippen molar-refractivity contribution in [2.24, 2.45) is 17.3 Å². The summed E-state index contributed by atoms with van der Waals surface area (Å²) in [5, 5.41) is 3.12. The molecule has 0 saturated heterocycles. The Hall–Kier alpha value is -0.900. The Kier molecular flexibility index (Phi) is 3.99. The second-order valence-corrected chi connectivity index (χ2v) is 9.89. The summed E-state index contributed by atoms with van der Waals surface area (Å²) in [5.74, 6) is 1.92. The number of hydrogen-bond donors (Lipinski definition) is 1. The van der Waals surface area contributed by atoms with E-state index in [0.29, 0.717) is 10.9 Å². The average Bonchev–Trinajstić information content (AvgIpc) is 2.45. The minimum Gasteiger partial charge on any atom is -0.356 e. The fourth-order valence-electron chi connectivity index (χ4n) is 5.82. The topological polar surface area (TPSA) is 42.0 Å². The van der Waals surface area contributed by atoms with Crippen LogP contribution in [0.4, 0.5) is 0 Å². The molecule has 5 rings (SSSR count). The highest BCUT2D eigenvalue weighted by atomic mass is 79.9. The maximum Gasteiger partial charge on any atom is 0.220 e. The van der Waals surface area contributed by atoms with Gasteiger partial charge in [0, 0.05) is 35.6 Å². The molecule has 4 heteroatoms. The maximum absolute atomic E-state index is 12.5. The van der Waals surface area contributed by atoms with Gasteiger partial charge in [0.05, 0.1) is 0 Å². The highest BCUT2D eigenvalue weighted by Gasteiger charge is 2.57.